The van der Waals surface area contributed by atoms with E-state index in [4.69, 9.17) is 4.74 Å². The molecule has 0 amide bonds. The number of nitrogens with one attached hydrogen (secondary N) is 1. The number of nitrogens with zero attached hydrogens (tertiary/aromatic N) is 1. The van der Waals surface area contributed by atoms with E-state index in [2.05, 4.69) is 9.97 Å². The third-order valence-corrected chi connectivity index (χ3v) is 2.06. The van der Waals surface area contributed by atoms with Crippen LogP contribution >= 0.6 is 0 Å². The zero-order valence-corrected chi connectivity index (χ0v) is 8.86. The number of hydrogen-bond donors (Lipinski definition) is 1. The van der Waals surface area contributed by atoms with Crippen LogP contribution in [0.1, 0.15) is 5.56 Å². The highest BCUT2D eigenvalue weighted by Crippen LogP contribution is 2.31. The Morgan fingerprint density at radius 3 is 2.28 bits per heavy atom. The van der Waals surface area contributed by atoms with Gasteiger partial charge in [-0.3, -0.25) is 0 Å². The number of H-pyrrole nitrogens is 1. The monoisotopic (exact) mass is 256 g/mol. The van der Waals surface area contributed by atoms with E-state index in [1.54, 1.807) is 0 Å². The Morgan fingerprint density at radius 2 is 1.78 bits per heavy atom. The van der Waals surface area contributed by atoms with Crippen LogP contribution in [0.25, 0.3) is 0 Å². The number of hydrogen-bond acceptors (Lipinski definition) is 3. The summed E-state index contributed by atoms with van der Waals surface area (Å²) in [6.07, 6.45) is -1.93. The zero-order chi connectivity index (χ0) is 13.2. The molecule has 2 aromatic rings. The Labute approximate surface area is 99.1 Å². The van der Waals surface area contributed by atoms with Crippen molar-refractivity contribution in [1.82, 2.24) is 9.97 Å². The van der Waals surface area contributed by atoms with Crippen LogP contribution in [0, 0.1) is 0 Å². The van der Waals surface area contributed by atoms with Gasteiger partial charge in [-0.1, -0.05) is 0 Å². The molecule has 0 fully saturated rings. The predicted octanol–water partition coefficient (Wildman–Crippen LogP) is 2.58. The van der Waals surface area contributed by atoms with Gasteiger partial charge in [0.15, 0.2) is 5.75 Å². The first-order valence-corrected chi connectivity index (χ1v) is 4.85. The molecule has 0 aliphatic heterocycles. The van der Waals surface area contributed by atoms with Gasteiger partial charge in [0.1, 0.15) is 5.75 Å². The molecule has 1 aromatic carbocycles. The minimum Gasteiger partial charge on any atom is -0.454 e. The van der Waals surface area contributed by atoms with Crippen molar-refractivity contribution in [3.05, 3.63) is 52.7 Å². The van der Waals surface area contributed by atoms with E-state index in [9.17, 15) is 18.0 Å². The van der Waals surface area contributed by atoms with Gasteiger partial charge in [-0.15, -0.1) is 0 Å². The highest BCUT2D eigenvalue weighted by atomic mass is 19.4. The molecule has 1 N–H and O–H groups in total. The van der Waals surface area contributed by atoms with Gasteiger partial charge in [-0.25, -0.2) is 4.79 Å². The molecule has 0 bridgehead atoms. The number of alkyl halides is 3. The van der Waals surface area contributed by atoms with Crippen LogP contribution < -0.4 is 10.4 Å². The molecule has 2 rings (SSSR count). The molecule has 0 saturated carbocycles. The minimum atomic E-state index is -4.38. The van der Waals surface area contributed by atoms with Crippen molar-refractivity contribution in [3.63, 3.8) is 0 Å². The maximum Gasteiger partial charge on any atom is 0.416 e. The number of aromatic nitrogens is 2. The third-order valence-electron chi connectivity index (χ3n) is 2.06. The van der Waals surface area contributed by atoms with Crippen molar-refractivity contribution in [1.29, 1.82) is 0 Å². The predicted molar refractivity (Wildman–Crippen MR) is 56.4 cm³/mol. The Kier molecular flexibility index (Phi) is 3.05. The van der Waals surface area contributed by atoms with E-state index >= 15 is 0 Å². The second-order valence-electron chi connectivity index (χ2n) is 3.38. The molecule has 0 aliphatic rings. The minimum absolute atomic E-state index is 0.219. The lowest BCUT2D eigenvalue weighted by Crippen LogP contribution is -2.07. The van der Waals surface area contributed by atoms with E-state index in [0.717, 1.165) is 12.1 Å². The van der Waals surface area contributed by atoms with E-state index in [-0.39, 0.29) is 11.5 Å². The number of rotatable bonds is 2. The van der Waals surface area contributed by atoms with Gasteiger partial charge in [0.05, 0.1) is 18.0 Å². The number of halogens is 3. The topological polar surface area (TPSA) is 55.0 Å². The average molecular weight is 256 g/mol. The number of benzene rings is 1. The molecule has 1 heterocycles. The van der Waals surface area contributed by atoms with E-state index in [1.807, 2.05) is 0 Å². The van der Waals surface area contributed by atoms with E-state index in [1.165, 1.54) is 24.5 Å². The van der Waals surface area contributed by atoms with Gasteiger partial charge in [0, 0.05) is 0 Å². The molecule has 7 heteroatoms. The maximum atomic E-state index is 12.3. The summed E-state index contributed by atoms with van der Waals surface area (Å²) in [7, 11) is 0. The largest absolute Gasteiger partial charge is 0.454 e. The lowest BCUT2D eigenvalue weighted by atomic mass is 10.2. The summed E-state index contributed by atoms with van der Waals surface area (Å²) >= 11 is 0. The molecule has 0 spiro atoms. The van der Waals surface area contributed by atoms with E-state index < -0.39 is 17.4 Å². The van der Waals surface area contributed by atoms with Gasteiger partial charge >= 0.3 is 11.9 Å². The van der Waals surface area contributed by atoms with E-state index in [0.29, 0.717) is 0 Å². The third kappa shape index (κ3) is 2.88. The standard InChI is InChI=1S/C11H7F3N2O2/c12-11(13,14)7-1-3-8(4-2-7)18-9-5-15-10(17)16-6-9/h1-6H,(H,15,16,17). The fraction of sp³-hybridized carbons (Fsp3) is 0.0909. The molecule has 0 unspecified atom stereocenters. The normalized spacial score (nSPS) is 11.3. The molecule has 0 radical (unpaired) electrons. The molecular formula is C11H7F3N2O2. The van der Waals surface area contributed by atoms with Crippen LogP contribution in [0.4, 0.5) is 13.2 Å². The van der Waals surface area contributed by atoms with Crippen molar-refractivity contribution in [2.45, 2.75) is 6.18 Å². The zero-order valence-electron chi connectivity index (χ0n) is 8.86. The molecular weight excluding hydrogens is 249 g/mol. The Balaban J connectivity index is 2.16. The molecule has 0 atom stereocenters. The van der Waals surface area contributed by atoms with Crippen molar-refractivity contribution < 1.29 is 17.9 Å². The second kappa shape index (κ2) is 4.52. The SMILES string of the molecule is O=c1ncc(Oc2ccc(C(F)(F)F)cc2)c[nH]1. The fourth-order valence-electron chi connectivity index (χ4n) is 1.23. The Hall–Kier alpha value is -2.31. The van der Waals surface area contributed by atoms with Gasteiger partial charge in [-0.05, 0) is 24.3 Å². The van der Waals surface area contributed by atoms with Crippen molar-refractivity contribution in [3.8, 4) is 11.5 Å². The van der Waals surface area contributed by atoms with Crippen molar-refractivity contribution >= 4 is 0 Å². The summed E-state index contributed by atoms with van der Waals surface area (Å²) in [6.45, 7) is 0. The summed E-state index contributed by atoms with van der Waals surface area (Å²) in [4.78, 5) is 16.4. The highest BCUT2D eigenvalue weighted by Gasteiger charge is 2.30. The lowest BCUT2D eigenvalue weighted by Gasteiger charge is -2.08. The van der Waals surface area contributed by atoms with Gasteiger partial charge in [-0.2, -0.15) is 18.2 Å². The lowest BCUT2D eigenvalue weighted by molar-refractivity contribution is -0.137. The second-order valence-corrected chi connectivity index (χ2v) is 3.38. The van der Waals surface area contributed by atoms with Crippen LogP contribution in [0.3, 0.4) is 0 Å². The number of ether oxygens (including phenoxy) is 1. The van der Waals surface area contributed by atoms with Crippen LogP contribution in [-0.4, -0.2) is 9.97 Å². The van der Waals surface area contributed by atoms with Crippen molar-refractivity contribution in [2.24, 2.45) is 0 Å². The van der Waals surface area contributed by atoms with Gasteiger partial charge in [0.25, 0.3) is 0 Å². The first kappa shape index (κ1) is 12.2. The maximum absolute atomic E-state index is 12.3. The summed E-state index contributed by atoms with van der Waals surface area (Å²) in [5.74, 6) is 0.450. The van der Waals surface area contributed by atoms with Crippen LogP contribution in [-0.2, 0) is 6.18 Å². The summed E-state index contributed by atoms with van der Waals surface area (Å²) in [6, 6.07) is 4.20. The van der Waals surface area contributed by atoms with Crippen molar-refractivity contribution in [2.75, 3.05) is 0 Å². The average Bonchev–Trinajstić information content (AvgIpc) is 2.32. The smallest absolute Gasteiger partial charge is 0.416 e. The quantitative estimate of drug-likeness (QED) is 0.898. The first-order chi connectivity index (χ1) is 8.45. The molecule has 18 heavy (non-hydrogen) atoms. The fourth-order valence-corrected chi connectivity index (χ4v) is 1.23. The van der Waals surface area contributed by atoms with Crippen LogP contribution in [0.5, 0.6) is 11.5 Å². The Morgan fingerprint density at radius 1 is 1.11 bits per heavy atom. The molecule has 0 aliphatic carbocycles. The van der Waals surface area contributed by atoms with Gasteiger partial charge in [0.2, 0.25) is 0 Å². The molecule has 0 saturated heterocycles. The van der Waals surface area contributed by atoms with Crippen LogP contribution in [0.15, 0.2) is 41.5 Å². The van der Waals surface area contributed by atoms with Gasteiger partial charge < -0.3 is 9.72 Å². The molecule has 4 nitrogen and oxygen atoms in total. The summed E-state index contributed by atoms with van der Waals surface area (Å²) in [5.41, 5.74) is -1.29. The number of aromatic amines is 1. The molecule has 1 aromatic heterocycles. The highest BCUT2D eigenvalue weighted by molar-refractivity contribution is 5.32. The first-order valence-electron chi connectivity index (χ1n) is 4.85. The van der Waals surface area contributed by atoms with Crippen LogP contribution in [0.2, 0.25) is 0 Å². The molecule has 94 valence electrons. The summed E-state index contributed by atoms with van der Waals surface area (Å²) < 4.78 is 42.1. The summed E-state index contributed by atoms with van der Waals surface area (Å²) in [5, 5.41) is 0. The Bertz CT molecular complexity index is 570.